The average molecular weight is 651 g/mol. The maximum Gasteiger partial charge on any atom is 0.245 e. The van der Waals surface area contributed by atoms with Crippen LogP contribution in [0.25, 0.3) is 0 Å². The number of hydrogen-bond acceptors (Lipinski definition) is 5. The Morgan fingerprint density at radius 1 is 1.42 bits per heavy atom. The first kappa shape index (κ1) is 26.0. The summed E-state index contributed by atoms with van der Waals surface area (Å²) in [4.78, 5) is 20.9. The van der Waals surface area contributed by atoms with E-state index in [1.165, 1.54) is 6.08 Å². The average Bonchev–Trinajstić information content (AvgIpc) is 2.70. The van der Waals surface area contributed by atoms with Crippen LogP contribution in [-0.4, -0.2) is 64.3 Å². The summed E-state index contributed by atoms with van der Waals surface area (Å²) in [5.41, 5.74) is 2.69. The van der Waals surface area contributed by atoms with Crippen molar-refractivity contribution in [3.05, 3.63) is 44.6 Å². The Morgan fingerprint density at radius 3 is 2.65 bits per heavy atom. The van der Waals surface area contributed by atoms with Crippen molar-refractivity contribution < 1.29 is 9.18 Å². The lowest BCUT2D eigenvalue weighted by Crippen LogP contribution is -2.50. The van der Waals surface area contributed by atoms with Gasteiger partial charge in [0, 0.05) is 24.9 Å². The van der Waals surface area contributed by atoms with E-state index in [2.05, 4.69) is 63.4 Å². The van der Waals surface area contributed by atoms with Crippen molar-refractivity contribution in [1.29, 1.82) is 5.26 Å². The number of carbonyl (C=O) groups excluding carboxylic acids is 1. The zero-order valence-corrected chi connectivity index (χ0v) is 22.8. The maximum atomic E-state index is 15.4. The Bertz CT molecular complexity index is 909. The van der Waals surface area contributed by atoms with E-state index in [0.717, 1.165) is 12.0 Å². The fraction of sp³-hybridized carbons (Fsp3) is 0.500. The maximum absolute atomic E-state index is 15.4. The molecule has 0 radical (unpaired) electrons. The summed E-state index contributed by atoms with van der Waals surface area (Å²) in [5.74, 6) is -0.123. The molecule has 0 N–H and O–H groups in total. The lowest BCUT2D eigenvalue weighted by Gasteiger charge is -2.43. The summed E-state index contributed by atoms with van der Waals surface area (Å²) < 4.78 is 18.9. The van der Waals surface area contributed by atoms with E-state index >= 15 is 4.39 Å². The minimum Gasteiger partial charge on any atom is -0.366 e. The van der Waals surface area contributed by atoms with Crippen molar-refractivity contribution >= 4 is 57.1 Å². The zero-order chi connectivity index (χ0) is 23.3. The second kappa shape index (κ2) is 11.6. The monoisotopic (exact) mass is 651 g/mol. The van der Waals surface area contributed by atoms with Gasteiger partial charge in [0.05, 0.1) is 52.4 Å². The van der Waals surface area contributed by atoms with Crippen LogP contribution < -0.4 is 0 Å². The molecule has 0 unspecified atom stereocenters. The molecule has 0 bridgehead atoms. The van der Waals surface area contributed by atoms with Crippen molar-refractivity contribution in [2.24, 2.45) is 10.9 Å². The largest absolute Gasteiger partial charge is 0.366 e. The van der Waals surface area contributed by atoms with Gasteiger partial charge in [-0.15, -0.1) is 0 Å². The molecule has 0 saturated carbocycles. The molecular weight excluding hydrogens is 623 g/mol. The van der Waals surface area contributed by atoms with Crippen LogP contribution in [0.1, 0.15) is 27.2 Å². The van der Waals surface area contributed by atoms with Gasteiger partial charge in [-0.2, -0.15) is 5.26 Å². The molecular formula is C22H28FI2N5O. The number of piperidine rings is 1. The van der Waals surface area contributed by atoms with Crippen LogP contribution in [0.3, 0.4) is 0 Å². The van der Waals surface area contributed by atoms with Gasteiger partial charge in [0.1, 0.15) is 11.9 Å². The van der Waals surface area contributed by atoms with E-state index in [4.69, 9.17) is 0 Å². The van der Waals surface area contributed by atoms with Gasteiger partial charge in [0.25, 0.3) is 0 Å². The Hall–Kier alpha value is -1.26. The zero-order valence-electron chi connectivity index (χ0n) is 18.5. The quantitative estimate of drug-likeness (QED) is 0.318. The van der Waals surface area contributed by atoms with Crippen LogP contribution in [0.4, 0.5) is 4.39 Å². The molecule has 1 fully saturated rings. The molecule has 168 valence electrons. The van der Waals surface area contributed by atoms with Crippen LogP contribution in [0.2, 0.25) is 0 Å². The second-order valence-corrected chi connectivity index (χ2v) is 10.1. The highest BCUT2D eigenvalue weighted by atomic mass is 127. The van der Waals surface area contributed by atoms with Crippen LogP contribution in [0.5, 0.6) is 0 Å². The number of halogens is 3. The molecule has 9 heteroatoms. The van der Waals surface area contributed by atoms with E-state index in [-0.39, 0.29) is 23.4 Å². The third-order valence-electron chi connectivity index (χ3n) is 5.07. The summed E-state index contributed by atoms with van der Waals surface area (Å²) in [7, 11) is 3.73. The third kappa shape index (κ3) is 6.38. The number of likely N-dealkylation sites (tertiary alicyclic amines) is 1. The van der Waals surface area contributed by atoms with E-state index in [1.54, 1.807) is 13.4 Å². The highest BCUT2D eigenvalue weighted by Gasteiger charge is 2.36. The van der Waals surface area contributed by atoms with Crippen molar-refractivity contribution in [3.63, 3.8) is 0 Å². The molecule has 1 aliphatic carbocycles. The fourth-order valence-electron chi connectivity index (χ4n) is 3.94. The Labute approximate surface area is 211 Å². The van der Waals surface area contributed by atoms with Gasteiger partial charge in [-0.3, -0.25) is 12.9 Å². The van der Waals surface area contributed by atoms with Crippen molar-refractivity contribution in [2.45, 2.75) is 33.2 Å². The normalized spacial score (nSPS) is 23.5. The van der Waals surface area contributed by atoms with Gasteiger partial charge in [-0.25, -0.2) is 4.39 Å². The molecule has 1 amide bonds. The molecule has 2 aliphatic rings. The minimum absolute atomic E-state index is 0.0336. The number of aliphatic imine (C=N–C) groups is 1. The summed E-state index contributed by atoms with van der Waals surface area (Å²) in [6.07, 6.45) is 3.74. The van der Waals surface area contributed by atoms with Crippen LogP contribution in [0.15, 0.2) is 49.6 Å². The predicted octanol–water partition coefficient (Wildman–Crippen LogP) is 4.77. The summed E-state index contributed by atoms with van der Waals surface area (Å²) in [6, 6.07) is 2.04. The number of carbonyl (C=O) groups is 1. The molecule has 1 aliphatic heterocycles. The molecule has 2 rings (SSSR count). The van der Waals surface area contributed by atoms with Gasteiger partial charge < -0.3 is 9.80 Å². The molecule has 6 nitrogen and oxygen atoms in total. The van der Waals surface area contributed by atoms with Crippen molar-refractivity contribution in [3.8, 4) is 6.07 Å². The topological polar surface area (TPSA) is 62.9 Å². The first-order chi connectivity index (χ1) is 14.6. The first-order valence-electron chi connectivity index (χ1n) is 10.0. The Balaban J connectivity index is 2.48. The van der Waals surface area contributed by atoms with E-state index in [0.29, 0.717) is 36.6 Å². The molecule has 1 heterocycles. The summed E-state index contributed by atoms with van der Waals surface area (Å²) in [5, 5.41) is 9.56. The number of nitriles is 1. The van der Waals surface area contributed by atoms with Gasteiger partial charge in [-0.1, -0.05) is 35.1 Å². The number of nitrogens with zero attached hydrogens (tertiary/aromatic N) is 5. The lowest BCUT2D eigenvalue weighted by molar-refractivity contribution is -0.127. The van der Waals surface area contributed by atoms with E-state index < -0.39 is 5.83 Å². The molecule has 0 aromatic heterocycles. The Kier molecular flexibility index (Phi) is 9.69. The molecule has 0 spiro atoms. The number of amides is 1. The van der Waals surface area contributed by atoms with Gasteiger partial charge in [-0.05, 0) is 50.4 Å². The van der Waals surface area contributed by atoms with Crippen molar-refractivity contribution in [1.82, 2.24) is 12.9 Å². The minimum atomic E-state index is -0.433. The second-order valence-electron chi connectivity index (χ2n) is 8.34. The third-order valence-corrected chi connectivity index (χ3v) is 6.72. The molecule has 31 heavy (non-hydrogen) atoms. The number of likely N-dealkylation sites (N-methyl/N-ethyl adjacent to an activating group) is 1. The van der Waals surface area contributed by atoms with Crippen molar-refractivity contribution in [2.75, 3.05) is 33.7 Å². The van der Waals surface area contributed by atoms with Gasteiger partial charge in [0.2, 0.25) is 5.91 Å². The van der Waals surface area contributed by atoms with E-state index in [1.807, 2.05) is 37.7 Å². The SMILES string of the molecule is CC(C)=C1C(N2C[C@@H](C)C[C@@H](N(I)C(=O)CN(C)C)C2)=C(F)C=C(C#N)/C1=N/C=C\I. The molecule has 0 aromatic carbocycles. The number of hydrogen-bond donors (Lipinski definition) is 0. The fourth-order valence-corrected chi connectivity index (χ4v) is 4.66. The summed E-state index contributed by atoms with van der Waals surface area (Å²) >= 11 is 4.15. The van der Waals surface area contributed by atoms with Crippen LogP contribution in [-0.2, 0) is 4.79 Å². The number of rotatable bonds is 5. The predicted molar refractivity (Wildman–Crippen MR) is 139 cm³/mol. The Morgan fingerprint density at radius 2 is 2.10 bits per heavy atom. The molecule has 2 atom stereocenters. The van der Waals surface area contributed by atoms with E-state index in [9.17, 15) is 10.1 Å². The lowest BCUT2D eigenvalue weighted by atomic mass is 9.87. The van der Waals surface area contributed by atoms with Gasteiger partial charge >= 0.3 is 0 Å². The molecule has 1 saturated heterocycles. The highest BCUT2D eigenvalue weighted by Crippen LogP contribution is 2.36. The highest BCUT2D eigenvalue weighted by molar-refractivity contribution is 14.1. The standard InChI is InChI=1S/C22H28FI2N5O/c1-14(2)20-21(27-7-6-24)16(10-26)9-18(23)22(20)29-11-15(3)8-17(12-29)30(25)19(31)13-28(4)5/h6-7,9,15,17H,8,11-13H2,1-5H3/b7-6-,27-21-/t15-,17+/m0/s1. The molecule has 0 aromatic rings. The van der Waals surface area contributed by atoms with Crippen LogP contribution in [0, 0.1) is 17.2 Å². The smallest absolute Gasteiger partial charge is 0.245 e. The number of allylic oxidation sites excluding steroid dienone is 5. The van der Waals surface area contributed by atoms with Gasteiger partial charge in [0.15, 0.2) is 0 Å². The summed E-state index contributed by atoms with van der Waals surface area (Å²) in [6.45, 7) is 7.46. The first-order valence-corrected chi connectivity index (χ1v) is 12.2. The van der Waals surface area contributed by atoms with Crippen LogP contribution >= 0.6 is 45.5 Å².